The van der Waals surface area contributed by atoms with E-state index in [4.69, 9.17) is 33.2 Å². The van der Waals surface area contributed by atoms with E-state index in [1.165, 1.54) is 18.9 Å². The molecule has 0 amide bonds. The van der Waals surface area contributed by atoms with Crippen molar-refractivity contribution < 1.29 is 57.1 Å². The van der Waals surface area contributed by atoms with Gasteiger partial charge in [-0.1, -0.05) is 97.1 Å². The van der Waals surface area contributed by atoms with Crippen LogP contribution in [0.4, 0.5) is 0 Å². The fourth-order valence-electron chi connectivity index (χ4n) is 6.67. The predicted octanol–water partition coefficient (Wildman–Crippen LogP) is 7.16. The van der Waals surface area contributed by atoms with E-state index in [0.717, 1.165) is 0 Å². The first kappa shape index (κ1) is 41.6. The molecule has 0 unspecified atom stereocenters. The maximum absolute atomic E-state index is 13.9. The van der Waals surface area contributed by atoms with E-state index in [9.17, 15) is 24.0 Å². The number of hydrogen-bond donors (Lipinski definition) is 0. The summed E-state index contributed by atoms with van der Waals surface area (Å²) in [7, 11) is 1.38. The highest BCUT2D eigenvalue weighted by Gasteiger charge is 2.51. The van der Waals surface area contributed by atoms with E-state index in [-0.39, 0.29) is 34.4 Å². The van der Waals surface area contributed by atoms with Gasteiger partial charge in [-0.15, -0.1) is 11.8 Å². The molecule has 12 nitrogen and oxygen atoms in total. The predicted molar refractivity (Wildman–Crippen MR) is 219 cm³/mol. The minimum Gasteiger partial charge on any atom is -0.453 e. The summed E-state index contributed by atoms with van der Waals surface area (Å²) in [5.74, 6) is -3.60. The summed E-state index contributed by atoms with van der Waals surface area (Å²) in [5, 5.41) is -1.66. The second-order valence-electron chi connectivity index (χ2n) is 13.6. The molecule has 306 valence electrons. The Morgan fingerprint density at radius 2 is 0.800 bits per heavy atom. The first-order valence-electron chi connectivity index (χ1n) is 19.1. The summed E-state index contributed by atoms with van der Waals surface area (Å²) in [6, 6.07) is 41.4. The van der Waals surface area contributed by atoms with Crippen molar-refractivity contribution in [2.24, 2.45) is 0 Å². The Labute approximate surface area is 350 Å². The lowest BCUT2D eigenvalue weighted by Gasteiger charge is -2.43. The molecule has 7 rings (SSSR count). The van der Waals surface area contributed by atoms with Crippen molar-refractivity contribution in [3.8, 4) is 0 Å². The molecule has 1 aliphatic heterocycles. The molecule has 0 aromatic heterocycles. The third-order valence-corrected chi connectivity index (χ3v) is 11.2. The van der Waals surface area contributed by atoms with Crippen LogP contribution in [-0.2, 0) is 33.2 Å². The zero-order chi connectivity index (χ0) is 41.8. The van der Waals surface area contributed by atoms with E-state index in [0.29, 0.717) is 0 Å². The number of hydrogen-bond acceptors (Lipinski definition) is 13. The monoisotopic (exact) mass is 828 g/mol. The van der Waals surface area contributed by atoms with Crippen molar-refractivity contribution in [3.63, 3.8) is 0 Å². The van der Waals surface area contributed by atoms with Crippen molar-refractivity contribution >= 4 is 41.6 Å². The summed E-state index contributed by atoms with van der Waals surface area (Å²) in [6.45, 7) is -0.0835. The normalized spacial score (nSPS) is 23.4. The molecule has 1 aliphatic carbocycles. The number of ether oxygens (including phenoxy) is 7. The van der Waals surface area contributed by atoms with Crippen LogP contribution in [0.2, 0.25) is 0 Å². The van der Waals surface area contributed by atoms with Crippen molar-refractivity contribution in [2.75, 3.05) is 13.7 Å². The van der Waals surface area contributed by atoms with Gasteiger partial charge in [0.15, 0.2) is 36.8 Å². The Morgan fingerprint density at radius 1 is 0.450 bits per heavy atom. The molecule has 8 atom stereocenters. The number of thioether (sulfide) groups is 1. The second-order valence-corrected chi connectivity index (χ2v) is 15.1. The lowest BCUT2D eigenvalue weighted by Crippen LogP contribution is -2.57. The highest BCUT2D eigenvalue weighted by atomic mass is 32.2. The van der Waals surface area contributed by atoms with Gasteiger partial charge in [-0.3, -0.25) is 0 Å². The van der Waals surface area contributed by atoms with Crippen molar-refractivity contribution in [1.29, 1.82) is 0 Å². The number of methoxy groups -OCH3 is 1. The van der Waals surface area contributed by atoms with Gasteiger partial charge >= 0.3 is 29.8 Å². The number of esters is 5. The number of rotatable bonds is 13. The molecular weight excluding hydrogens is 789 g/mol. The molecule has 2 aliphatic rings. The maximum atomic E-state index is 13.9. The van der Waals surface area contributed by atoms with E-state index in [2.05, 4.69) is 0 Å². The van der Waals surface area contributed by atoms with Gasteiger partial charge < -0.3 is 33.2 Å². The average Bonchev–Trinajstić information content (AvgIpc) is 3.30. The van der Waals surface area contributed by atoms with Gasteiger partial charge in [0.1, 0.15) is 0 Å². The summed E-state index contributed by atoms with van der Waals surface area (Å²) < 4.78 is 42.3. The molecule has 0 spiro atoms. The van der Waals surface area contributed by atoms with Crippen LogP contribution < -0.4 is 0 Å². The molecule has 1 fully saturated rings. The Balaban J connectivity index is 1.26. The van der Waals surface area contributed by atoms with Crippen LogP contribution in [0.3, 0.4) is 0 Å². The molecule has 0 saturated carbocycles. The van der Waals surface area contributed by atoms with Crippen LogP contribution in [0.15, 0.2) is 164 Å². The van der Waals surface area contributed by atoms with Crippen LogP contribution in [0.25, 0.3) is 0 Å². The first-order chi connectivity index (χ1) is 29.3. The lowest BCUT2D eigenvalue weighted by atomic mass is 9.97. The fourth-order valence-corrected chi connectivity index (χ4v) is 8.14. The third kappa shape index (κ3) is 10.2. The highest BCUT2D eigenvalue weighted by molar-refractivity contribution is 8.00. The molecule has 0 N–H and O–H groups in total. The van der Waals surface area contributed by atoms with Gasteiger partial charge in [0, 0.05) is 7.11 Å². The molecule has 60 heavy (non-hydrogen) atoms. The summed E-state index contributed by atoms with van der Waals surface area (Å²) in [5.41, 5.74) is 1.17. The Hall–Kier alpha value is -6.54. The summed E-state index contributed by atoms with van der Waals surface area (Å²) in [4.78, 5) is 68.4. The van der Waals surface area contributed by atoms with Crippen molar-refractivity contribution in [1.82, 2.24) is 0 Å². The van der Waals surface area contributed by atoms with Gasteiger partial charge in [-0.05, 0) is 66.7 Å². The standard InChI is InChI=1S/C47H40O12S/c1-53-47-41(59-46(52)34-25-15-6-16-26-34)40(58-45(51)33-23-13-5-14-24-33)37(29-54-47)60-36-28-27-35(55-42(48)30-17-7-2-8-18-30)38(56-43(49)31-19-9-3-10-20-31)39(36)57-44(50)32-21-11-4-12-22-32/h2-28,35-41,47H,29H2,1H3/t35-,36-,37-,38+,39-,40+,41-,47-/m1/s1. The maximum Gasteiger partial charge on any atom is 0.338 e. The number of carbonyl (C=O) groups excluding carboxylic acids is 5. The van der Waals surface area contributed by atoms with Gasteiger partial charge in [-0.25, -0.2) is 24.0 Å². The number of benzene rings is 5. The summed E-state index contributed by atoms with van der Waals surface area (Å²) >= 11 is 1.17. The quantitative estimate of drug-likeness (QED) is 0.0672. The molecule has 13 heteroatoms. The van der Waals surface area contributed by atoms with E-state index >= 15 is 0 Å². The zero-order valence-electron chi connectivity index (χ0n) is 32.2. The van der Waals surface area contributed by atoms with E-state index < -0.39 is 77.2 Å². The van der Waals surface area contributed by atoms with Crippen LogP contribution in [0, 0.1) is 0 Å². The van der Waals surface area contributed by atoms with Crippen molar-refractivity contribution in [3.05, 3.63) is 192 Å². The Morgan fingerprint density at radius 3 is 1.20 bits per heavy atom. The van der Waals surface area contributed by atoms with Gasteiger partial charge in [0.05, 0.1) is 44.9 Å². The molecule has 1 saturated heterocycles. The molecular formula is C47H40O12S. The molecule has 5 aromatic rings. The zero-order valence-corrected chi connectivity index (χ0v) is 33.0. The minimum absolute atomic E-state index is 0.0835. The lowest BCUT2D eigenvalue weighted by molar-refractivity contribution is -0.229. The van der Waals surface area contributed by atoms with Gasteiger partial charge in [-0.2, -0.15) is 0 Å². The highest BCUT2D eigenvalue weighted by Crippen LogP contribution is 2.39. The SMILES string of the molecule is CO[C@@H]1OC[C@@H](S[C@@H]2C=C[C@@H](OC(=O)c3ccccc3)[C@H](OC(=O)c3ccccc3)[C@@H]2OC(=O)c2ccccc2)[C@H](OC(=O)c2ccccc2)[C@H]1OC(=O)c1ccccc1. The second kappa shape index (κ2) is 19.9. The van der Waals surface area contributed by atoms with Crippen LogP contribution >= 0.6 is 11.8 Å². The Kier molecular flexibility index (Phi) is 13.8. The van der Waals surface area contributed by atoms with Gasteiger partial charge in [0.2, 0.25) is 0 Å². The van der Waals surface area contributed by atoms with Crippen molar-refractivity contribution in [2.45, 2.75) is 47.3 Å². The minimum atomic E-state index is -1.38. The largest absolute Gasteiger partial charge is 0.453 e. The molecule has 1 heterocycles. The van der Waals surface area contributed by atoms with Crippen LogP contribution in [0.1, 0.15) is 51.8 Å². The fraction of sp³-hybridized carbons (Fsp3) is 0.213. The van der Waals surface area contributed by atoms with Crippen LogP contribution in [0.5, 0.6) is 0 Å². The van der Waals surface area contributed by atoms with Crippen LogP contribution in [-0.4, -0.2) is 90.9 Å². The molecule has 0 radical (unpaired) electrons. The smallest absolute Gasteiger partial charge is 0.338 e. The summed E-state index contributed by atoms with van der Waals surface area (Å²) in [6.07, 6.45) is -4.27. The molecule has 0 bridgehead atoms. The van der Waals surface area contributed by atoms with E-state index in [1.54, 1.807) is 164 Å². The Bertz CT molecular complexity index is 2260. The third-order valence-electron chi connectivity index (χ3n) is 9.67. The molecule has 5 aromatic carbocycles. The number of carbonyl (C=O) groups is 5. The topological polar surface area (TPSA) is 150 Å². The van der Waals surface area contributed by atoms with E-state index in [1.807, 2.05) is 0 Å². The van der Waals surface area contributed by atoms with Gasteiger partial charge in [0.25, 0.3) is 0 Å². The average molecular weight is 829 g/mol. The first-order valence-corrected chi connectivity index (χ1v) is 20.0.